The number of aromatic nitrogens is 3. The molecule has 1 amide bonds. The van der Waals surface area contributed by atoms with Gasteiger partial charge in [-0.1, -0.05) is 22.9 Å². The van der Waals surface area contributed by atoms with E-state index in [4.69, 9.17) is 9.26 Å². The molecule has 0 saturated carbocycles. The molecule has 0 spiro atoms. The number of piperidine rings is 1. The number of rotatable bonds is 5. The first-order chi connectivity index (χ1) is 13.7. The topological polar surface area (TPSA) is 81.4 Å². The first kappa shape index (κ1) is 18.2. The molecule has 0 bridgehead atoms. The van der Waals surface area contributed by atoms with Gasteiger partial charge in [0.2, 0.25) is 0 Å². The lowest BCUT2D eigenvalue weighted by atomic mass is 9.96. The number of carbonyl (C=O) groups is 1. The average Bonchev–Trinajstić information content (AvgIpc) is 3.23. The van der Waals surface area contributed by atoms with E-state index in [0.29, 0.717) is 30.4 Å². The molecule has 1 fully saturated rings. The average molecular weight is 378 g/mol. The second-order valence-corrected chi connectivity index (χ2v) is 6.95. The van der Waals surface area contributed by atoms with Crippen molar-refractivity contribution >= 4 is 5.91 Å². The zero-order valence-corrected chi connectivity index (χ0v) is 15.7. The predicted octanol–water partition coefficient (Wildman–Crippen LogP) is 3.37. The largest absolute Gasteiger partial charge is 0.484 e. The minimum Gasteiger partial charge on any atom is -0.484 e. The summed E-state index contributed by atoms with van der Waals surface area (Å²) in [7, 11) is 0. The quantitative estimate of drug-likeness (QED) is 0.677. The number of pyridine rings is 1. The molecule has 7 nitrogen and oxygen atoms in total. The van der Waals surface area contributed by atoms with Crippen molar-refractivity contribution in [3.63, 3.8) is 0 Å². The van der Waals surface area contributed by atoms with E-state index in [0.717, 1.165) is 18.6 Å². The summed E-state index contributed by atoms with van der Waals surface area (Å²) in [5, 5.41) is 4.12. The molecule has 0 aliphatic carbocycles. The Morgan fingerprint density at radius 2 is 1.86 bits per heavy atom. The second-order valence-electron chi connectivity index (χ2n) is 6.95. The minimum atomic E-state index is 0.0427. The lowest BCUT2D eigenvalue weighted by Gasteiger charge is -2.30. The lowest BCUT2D eigenvalue weighted by Crippen LogP contribution is -2.38. The summed E-state index contributed by atoms with van der Waals surface area (Å²) in [5.41, 5.74) is 1.85. The van der Waals surface area contributed by atoms with Gasteiger partial charge in [0.05, 0.1) is 0 Å². The number of hydrogen-bond acceptors (Lipinski definition) is 6. The summed E-state index contributed by atoms with van der Waals surface area (Å²) in [5.74, 6) is 2.16. The zero-order chi connectivity index (χ0) is 19.3. The van der Waals surface area contributed by atoms with E-state index < -0.39 is 0 Å². The molecule has 7 heteroatoms. The van der Waals surface area contributed by atoms with Gasteiger partial charge in [-0.2, -0.15) is 4.98 Å². The maximum absolute atomic E-state index is 12.5. The van der Waals surface area contributed by atoms with Crippen LogP contribution in [0, 0.1) is 6.92 Å². The van der Waals surface area contributed by atoms with Crippen LogP contribution in [0.3, 0.4) is 0 Å². The third kappa shape index (κ3) is 4.19. The van der Waals surface area contributed by atoms with E-state index in [2.05, 4.69) is 15.1 Å². The van der Waals surface area contributed by atoms with Crippen LogP contribution in [-0.2, 0) is 6.61 Å². The van der Waals surface area contributed by atoms with Gasteiger partial charge in [0.1, 0.15) is 5.75 Å². The third-order valence-electron chi connectivity index (χ3n) is 4.94. The van der Waals surface area contributed by atoms with Crippen LogP contribution in [0.15, 0.2) is 53.3 Å². The number of hydrogen-bond donors (Lipinski definition) is 0. The first-order valence-electron chi connectivity index (χ1n) is 9.40. The van der Waals surface area contributed by atoms with Gasteiger partial charge >= 0.3 is 0 Å². The molecule has 0 N–H and O–H groups in total. The summed E-state index contributed by atoms with van der Waals surface area (Å²) in [6.07, 6.45) is 4.91. The van der Waals surface area contributed by atoms with Crippen LogP contribution in [0.5, 0.6) is 5.75 Å². The van der Waals surface area contributed by atoms with E-state index >= 15 is 0 Å². The van der Waals surface area contributed by atoms with Gasteiger partial charge in [-0.15, -0.1) is 0 Å². The maximum Gasteiger partial charge on any atom is 0.264 e. The second kappa shape index (κ2) is 8.21. The van der Waals surface area contributed by atoms with Crippen LogP contribution >= 0.6 is 0 Å². The summed E-state index contributed by atoms with van der Waals surface area (Å²) >= 11 is 0. The van der Waals surface area contributed by atoms with Crippen LogP contribution < -0.4 is 4.74 Å². The van der Waals surface area contributed by atoms with Crippen molar-refractivity contribution in [1.29, 1.82) is 0 Å². The Bertz CT molecular complexity index is 916. The highest BCUT2D eigenvalue weighted by Crippen LogP contribution is 2.27. The predicted molar refractivity (Wildman–Crippen MR) is 102 cm³/mol. The van der Waals surface area contributed by atoms with E-state index in [1.54, 1.807) is 24.5 Å². The molecule has 3 heterocycles. The van der Waals surface area contributed by atoms with E-state index in [-0.39, 0.29) is 18.4 Å². The van der Waals surface area contributed by atoms with Gasteiger partial charge in [0, 0.05) is 37.0 Å². The van der Waals surface area contributed by atoms with Crippen LogP contribution in [0.25, 0.3) is 0 Å². The number of carbonyl (C=O) groups excluding carboxylic acids is 1. The molecule has 0 atom stereocenters. The first-order valence-corrected chi connectivity index (χ1v) is 9.40. The maximum atomic E-state index is 12.5. The van der Waals surface area contributed by atoms with Gasteiger partial charge in [-0.3, -0.25) is 9.78 Å². The van der Waals surface area contributed by atoms with Gasteiger partial charge in [-0.25, -0.2) is 0 Å². The standard InChI is InChI=1S/C21H22N4O3/c1-15-2-4-18(5-3-15)27-14-19-23-20(24-28-19)16-8-12-25(13-9-16)21(26)17-6-10-22-11-7-17/h2-7,10-11,16H,8-9,12-14H2,1H3. The Kier molecular flexibility index (Phi) is 5.32. The molecule has 144 valence electrons. The number of amides is 1. The molecule has 28 heavy (non-hydrogen) atoms. The highest BCUT2D eigenvalue weighted by Gasteiger charge is 2.27. The molecule has 1 aliphatic rings. The molecule has 2 aromatic heterocycles. The Morgan fingerprint density at radius 3 is 2.57 bits per heavy atom. The highest BCUT2D eigenvalue weighted by molar-refractivity contribution is 5.94. The summed E-state index contributed by atoms with van der Waals surface area (Å²) in [6, 6.07) is 11.3. The van der Waals surface area contributed by atoms with E-state index in [1.165, 1.54) is 5.56 Å². The normalized spacial score (nSPS) is 14.8. The Balaban J connectivity index is 1.30. The molecule has 0 unspecified atom stereocenters. The van der Waals surface area contributed by atoms with Gasteiger partial charge in [0.15, 0.2) is 12.4 Å². The monoisotopic (exact) mass is 378 g/mol. The van der Waals surface area contributed by atoms with Gasteiger partial charge in [-0.05, 0) is 44.0 Å². The van der Waals surface area contributed by atoms with E-state index in [9.17, 15) is 4.79 Å². The van der Waals surface area contributed by atoms with Crippen molar-refractivity contribution in [1.82, 2.24) is 20.0 Å². The van der Waals surface area contributed by atoms with Crippen LogP contribution in [0.1, 0.15) is 46.4 Å². The van der Waals surface area contributed by atoms with E-state index in [1.807, 2.05) is 36.1 Å². The fraction of sp³-hybridized carbons (Fsp3) is 0.333. The van der Waals surface area contributed by atoms with Crippen molar-refractivity contribution in [2.45, 2.75) is 32.3 Å². The summed E-state index contributed by atoms with van der Waals surface area (Å²) in [4.78, 5) is 22.8. The molecule has 1 saturated heterocycles. The fourth-order valence-corrected chi connectivity index (χ4v) is 3.29. The van der Waals surface area contributed by atoms with Crippen LogP contribution in [-0.4, -0.2) is 39.0 Å². The molecule has 1 aliphatic heterocycles. The number of ether oxygens (including phenoxy) is 1. The number of nitrogens with zero attached hydrogens (tertiary/aromatic N) is 4. The molecule has 3 aromatic rings. The fourth-order valence-electron chi connectivity index (χ4n) is 3.29. The molecule has 1 aromatic carbocycles. The number of likely N-dealkylation sites (tertiary alicyclic amines) is 1. The lowest BCUT2D eigenvalue weighted by molar-refractivity contribution is 0.0710. The minimum absolute atomic E-state index is 0.0427. The Hall–Kier alpha value is -3.22. The summed E-state index contributed by atoms with van der Waals surface area (Å²) in [6.45, 7) is 3.63. The SMILES string of the molecule is Cc1ccc(OCc2nc(C3CCN(C(=O)c4ccncc4)CC3)no2)cc1. The molecule has 4 rings (SSSR count). The molecular formula is C21H22N4O3. The number of aryl methyl sites for hydroxylation is 1. The number of benzene rings is 1. The van der Waals surface area contributed by atoms with Crippen LogP contribution in [0.4, 0.5) is 0 Å². The highest BCUT2D eigenvalue weighted by atomic mass is 16.5. The van der Waals surface area contributed by atoms with Crippen molar-refractivity contribution in [3.05, 3.63) is 71.6 Å². The summed E-state index contributed by atoms with van der Waals surface area (Å²) < 4.78 is 11.0. The molecule has 0 radical (unpaired) electrons. The van der Waals surface area contributed by atoms with Gasteiger partial charge < -0.3 is 14.2 Å². The Morgan fingerprint density at radius 1 is 1.14 bits per heavy atom. The van der Waals surface area contributed by atoms with Gasteiger partial charge in [0.25, 0.3) is 11.8 Å². The zero-order valence-electron chi connectivity index (χ0n) is 15.7. The van der Waals surface area contributed by atoms with Crippen molar-refractivity contribution < 1.29 is 14.1 Å². The van der Waals surface area contributed by atoms with Crippen molar-refractivity contribution in [2.24, 2.45) is 0 Å². The smallest absolute Gasteiger partial charge is 0.264 e. The Labute approximate surface area is 163 Å². The van der Waals surface area contributed by atoms with Crippen LogP contribution in [0.2, 0.25) is 0 Å². The van der Waals surface area contributed by atoms with Crippen molar-refractivity contribution in [2.75, 3.05) is 13.1 Å². The van der Waals surface area contributed by atoms with Crippen molar-refractivity contribution in [3.8, 4) is 5.75 Å². The third-order valence-corrected chi connectivity index (χ3v) is 4.94. The molecular weight excluding hydrogens is 356 g/mol.